The molecular weight excluding hydrogens is 454 g/mol. The minimum absolute atomic E-state index is 0.00793. The highest BCUT2D eigenvalue weighted by molar-refractivity contribution is 6.00. The van der Waals surface area contributed by atoms with Gasteiger partial charge in [-0.05, 0) is 63.6 Å². The first-order valence-corrected chi connectivity index (χ1v) is 14.2. The zero-order valence-corrected chi connectivity index (χ0v) is 22.1. The molecule has 0 aromatic heterocycles. The normalized spacial score (nSPS) is 24.1. The minimum atomic E-state index is -0.833. The molecule has 1 spiro atoms. The number of aliphatic hydroxyl groups is 1. The quantitative estimate of drug-likeness (QED) is 0.452. The molecule has 3 aliphatic rings. The maximum Gasteiger partial charge on any atom is 0.246 e. The van der Waals surface area contributed by atoms with Crippen molar-refractivity contribution in [3.8, 4) is 5.75 Å². The summed E-state index contributed by atoms with van der Waals surface area (Å²) >= 11 is 0. The summed E-state index contributed by atoms with van der Waals surface area (Å²) in [5.41, 5.74) is -1.58. The maximum absolute atomic E-state index is 13.7. The third kappa shape index (κ3) is 6.41. The van der Waals surface area contributed by atoms with E-state index in [9.17, 15) is 14.7 Å². The van der Waals surface area contributed by atoms with E-state index in [0.29, 0.717) is 32.4 Å². The molecule has 4 rings (SSSR count). The molecule has 1 aromatic carbocycles. The molecule has 0 bridgehead atoms. The van der Waals surface area contributed by atoms with Crippen LogP contribution in [0.4, 0.5) is 0 Å². The van der Waals surface area contributed by atoms with Gasteiger partial charge < -0.3 is 25.0 Å². The predicted molar refractivity (Wildman–Crippen MR) is 141 cm³/mol. The van der Waals surface area contributed by atoms with Crippen LogP contribution in [0.25, 0.3) is 0 Å². The Labute approximate surface area is 216 Å². The molecule has 0 radical (unpaired) electrons. The van der Waals surface area contributed by atoms with Crippen LogP contribution < -0.4 is 10.1 Å². The number of ether oxygens (including phenoxy) is 1. The van der Waals surface area contributed by atoms with Crippen LogP contribution >= 0.6 is 0 Å². The summed E-state index contributed by atoms with van der Waals surface area (Å²) in [6.07, 6.45) is 10.1. The van der Waals surface area contributed by atoms with Gasteiger partial charge in [0.05, 0.1) is 12.2 Å². The second-order valence-electron chi connectivity index (χ2n) is 11.1. The van der Waals surface area contributed by atoms with Crippen LogP contribution in [0.2, 0.25) is 0 Å². The number of hydrogen-bond acceptors (Lipinski definition) is 5. The second kappa shape index (κ2) is 12.4. The van der Waals surface area contributed by atoms with Gasteiger partial charge in [-0.15, -0.1) is 0 Å². The zero-order chi connectivity index (χ0) is 25.4. The Morgan fingerprint density at radius 3 is 2.39 bits per heavy atom. The number of carbonyl (C=O) groups is 2. The van der Waals surface area contributed by atoms with Crippen LogP contribution in [0.3, 0.4) is 0 Å². The average molecular weight is 500 g/mol. The van der Waals surface area contributed by atoms with Gasteiger partial charge in [0, 0.05) is 26.1 Å². The van der Waals surface area contributed by atoms with Crippen LogP contribution in [0, 0.1) is 0 Å². The number of nitrogens with one attached hydrogen (secondary N) is 1. The number of carbonyl (C=O) groups excluding carboxylic acids is 2. The number of unbranched alkanes of at least 4 members (excludes halogenated alkanes) is 2. The minimum Gasteiger partial charge on any atom is -0.494 e. The van der Waals surface area contributed by atoms with E-state index >= 15 is 0 Å². The second-order valence-corrected chi connectivity index (χ2v) is 11.1. The van der Waals surface area contributed by atoms with E-state index in [1.54, 1.807) is 0 Å². The number of piperidine rings is 1. The first-order valence-electron chi connectivity index (χ1n) is 14.2. The number of benzene rings is 1. The van der Waals surface area contributed by atoms with Gasteiger partial charge in [-0.3, -0.25) is 9.59 Å². The molecule has 0 unspecified atom stereocenters. The Bertz CT molecular complexity index is 847. The maximum atomic E-state index is 13.7. The summed E-state index contributed by atoms with van der Waals surface area (Å²) in [4.78, 5) is 31.6. The molecule has 1 aliphatic carbocycles. The number of rotatable bonds is 11. The van der Waals surface area contributed by atoms with E-state index in [1.165, 1.54) is 0 Å². The molecule has 3 fully saturated rings. The van der Waals surface area contributed by atoms with Crippen molar-refractivity contribution in [2.45, 2.75) is 101 Å². The Balaban J connectivity index is 1.30. The largest absolute Gasteiger partial charge is 0.494 e. The van der Waals surface area contributed by atoms with Crippen molar-refractivity contribution in [3.63, 3.8) is 0 Å². The molecule has 7 heteroatoms. The van der Waals surface area contributed by atoms with E-state index in [4.69, 9.17) is 4.74 Å². The molecule has 1 atom stereocenters. The highest BCUT2D eigenvalue weighted by Gasteiger charge is 2.54. The number of nitrogens with zero attached hydrogens (tertiary/aromatic N) is 2. The SMILES string of the molecule is CCCCN1C(=O)[C@@H](CC2(O)CCCCC2)NC(=O)C12CCN(CCCCOc1ccccc1)CC2. The molecular formula is C29H45N3O4. The molecule has 36 heavy (non-hydrogen) atoms. The zero-order valence-electron chi connectivity index (χ0n) is 22.1. The summed E-state index contributed by atoms with van der Waals surface area (Å²) in [5.74, 6) is 0.901. The van der Waals surface area contributed by atoms with Gasteiger partial charge >= 0.3 is 0 Å². The molecule has 2 N–H and O–H groups in total. The monoisotopic (exact) mass is 499 g/mol. The van der Waals surface area contributed by atoms with Crippen LogP contribution in [0.15, 0.2) is 30.3 Å². The summed E-state index contributed by atoms with van der Waals surface area (Å²) < 4.78 is 5.80. The topological polar surface area (TPSA) is 82.1 Å². The summed E-state index contributed by atoms with van der Waals surface area (Å²) in [6, 6.07) is 9.30. The Hall–Kier alpha value is -2.12. The lowest BCUT2D eigenvalue weighted by Gasteiger charge is -2.52. The van der Waals surface area contributed by atoms with Gasteiger partial charge in [-0.25, -0.2) is 0 Å². The van der Waals surface area contributed by atoms with E-state index in [-0.39, 0.29) is 11.8 Å². The molecule has 7 nitrogen and oxygen atoms in total. The van der Waals surface area contributed by atoms with Crippen molar-refractivity contribution < 1.29 is 19.4 Å². The highest BCUT2D eigenvalue weighted by Crippen LogP contribution is 2.37. The van der Waals surface area contributed by atoms with Gasteiger partial charge in [0.2, 0.25) is 11.8 Å². The molecule has 200 valence electrons. The van der Waals surface area contributed by atoms with E-state index in [1.807, 2.05) is 35.2 Å². The van der Waals surface area contributed by atoms with Crippen molar-refractivity contribution in [1.82, 2.24) is 15.1 Å². The predicted octanol–water partition coefficient (Wildman–Crippen LogP) is 3.89. The van der Waals surface area contributed by atoms with Crippen LogP contribution in [0.1, 0.15) is 84.0 Å². The van der Waals surface area contributed by atoms with Crippen LogP contribution in [-0.4, -0.2) is 76.7 Å². The average Bonchev–Trinajstić information content (AvgIpc) is 2.89. The lowest BCUT2D eigenvalue weighted by molar-refractivity contribution is -0.163. The molecule has 1 aromatic rings. The summed E-state index contributed by atoms with van der Waals surface area (Å²) in [6.45, 7) is 6.06. The van der Waals surface area contributed by atoms with Crippen molar-refractivity contribution in [1.29, 1.82) is 0 Å². The van der Waals surface area contributed by atoms with Crippen molar-refractivity contribution in [2.24, 2.45) is 0 Å². The van der Waals surface area contributed by atoms with Gasteiger partial charge in [0.15, 0.2) is 0 Å². The van der Waals surface area contributed by atoms with Crippen molar-refractivity contribution in [3.05, 3.63) is 30.3 Å². The molecule has 2 saturated heterocycles. The lowest BCUT2D eigenvalue weighted by Crippen LogP contribution is -2.73. The van der Waals surface area contributed by atoms with E-state index in [0.717, 1.165) is 83.2 Å². The lowest BCUT2D eigenvalue weighted by atomic mass is 9.77. The van der Waals surface area contributed by atoms with Gasteiger partial charge in [-0.1, -0.05) is 50.8 Å². The number of amides is 2. The Kier molecular flexibility index (Phi) is 9.29. The number of hydrogen-bond donors (Lipinski definition) is 2. The van der Waals surface area contributed by atoms with Crippen LogP contribution in [0.5, 0.6) is 5.75 Å². The highest BCUT2D eigenvalue weighted by atomic mass is 16.5. The molecule has 2 amide bonds. The molecule has 2 heterocycles. The van der Waals surface area contributed by atoms with Crippen molar-refractivity contribution >= 4 is 11.8 Å². The first-order chi connectivity index (χ1) is 17.5. The van der Waals surface area contributed by atoms with Crippen LogP contribution in [-0.2, 0) is 9.59 Å². The van der Waals surface area contributed by atoms with Gasteiger partial charge in [0.1, 0.15) is 17.3 Å². The number of piperazine rings is 1. The van der Waals surface area contributed by atoms with E-state index < -0.39 is 17.2 Å². The molecule has 2 aliphatic heterocycles. The fraction of sp³-hybridized carbons (Fsp3) is 0.724. The Morgan fingerprint density at radius 1 is 0.972 bits per heavy atom. The van der Waals surface area contributed by atoms with Gasteiger partial charge in [-0.2, -0.15) is 0 Å². The Morgan fingerprint density at radius 2 is 1.69 bits per heavy atom. The third-order valence-electron chi connectivity index (χ3n) is 8.48. The summed E-state index contributed by atoms with van der Waals surface area (Å²) in [7, 11) is 0. The first kappa shape index (κ1) is 26.9. The smallest absolute Gasteiger partial charge is 0.246 e. The fourth-order valence-electron chi connectivity index (χ4n) is 6.24. The third-order valence-corrected chi connectivity index (χ3v) is 8.48. The molecule has 1 saturated carbocycles. The summed E-state index contributed by atoms with van der Waals surface area (Å²) in [5, 5.41) is 14.1. The fourth-order valence-corrected chi connectivity index (χ4v) is 6.24. The van der Waals surface area contributed by atoms with Gasteiger partial charge in [0.25, 0.3) is 0 Å². The number of para-hydroxylation sites is 1. The van der Waals surface area contributed by atoms with E-state index in [2.05, 4.69) is 17.1 Å². The van der Waals surface area contributed by atoms with Crippen molar-refractivity contribution in [2.75, 3.05) is 32.8 Å². The number of likely N-dealkylation sites (tertiary alicyclic amines) is 1. The standard InChI is InChI=1S/C29H45N3O4/c1-2-3-19-32-26(33)25(23-28(35)14-8-5-9-15-28)30-27(34)29(32)16-20-31(21-17-29)18-10-11-22-36-24-12-6-4-7-13-24/h4,6-7,12-13,25,35H,2-3,5,8-11,14-23H2,1H3,(H,30,34)/t25-/m1/s1.